The number of para-hydroxylation sites is 1. The van der Waals surface area contributed by atoms with Gasteiger partial charge in [-0.2, -0.15) is 4.74 Å². The summed E-state index contributed by atoms with van der Waals surface area (Å²) in [5, 5.41) is 11.7. The Morgan fingerprint density at radius 2 is 1.16 bits per heavy atom. The van der Waals surface area contributed by atoms with Crippen molar-refractivity contribution in [2.45, 2.75) is 27.7 Å². The summed E-state index contributed by atoms with van der Waals surface area (Å²) in [6.45, 7) is 8.00. The lowest BCUT2D eigenvalue weighted by atomic mass is 10.2. The van der Waals surface area contributed by atoms with Gasteiger partial charge in [0.2, 0.25) is 5.69 Å². The van der Waals surface area contributed by atoms with E-state index in [1.54, 1.807) is 18.3 Å². The maximum Gasteiger partial charge on any atom is 0.216 e. The Hall–Kier alpha value is -2.09. The third kappa shape index (κ3) is 6.41. The quantitative estimate of drug-likeness (QED) is 0.322. The predicted octanol–water partition coefficient (Wildman–Crippen LogP) is 5.00. The zero-order valence-electron chi connectivity index (χ0n) is 12.2. The van der Waals surface area contributed by atoms with E-state index >= 15 is 0 Å². The molecule has 2 rings (SSSR count). The molecule has 0 fully saturated rings. The molecule has 0 N–H and O–H groups in total. The van der Waals surface area contributed by atoms with Crippen LogP contribution in [0.5, 0.6) is 0 Å². The molecular formula is C17H23NO. The molecule has 0 saturated heterocycles. The average Bonchev–Trinajstić information content (AvgIpc) is 2.53. The second-order valence-corrected chi connectivity index (χ2v) is 3.20. The summed E-state index contributed by atoms with van der Waals surface area (Å²) in [7, 11) is 0. The van der Waals surface area contributed by atoms with Crippen molar-refractivity contribution < 1.29 is 4.74 Å². The minimum atomic E-state index is 0.640. The van der Waals surface area contributed by atoms with Crippen molar-refractivity contribution in [3.63, 3.8) is 0 Å². The molecule has 0 heterocycles. The van der Waals surface area contributed by atoms with Crippen molar-refractivity contribution in [3.05, 3.63) is 71.4 Å². The number of nitrogens with zero attached hydrogens (tertiary/aromatic N) is 1. The van der Waals surface area contributed by atoms with Gasteiger partial charge in [0, 0.05) is 17.7 Å². The van der Waals surface area contributed by atoms with Crippen molar-refractivity contribution >= 4 is 11.9 Å². The van der Waals surface area contributed by atoms with Gasteiger partial charge in [-0.15, -0.1) is 0 Å². The first-order valence-electron chi connectivity index (χ1n) is 6.77. The van der Waals surface area contributed by atoms with Crippen LogP contribution in [-0.2, 0) is 0 Å². The molecule has 19 heavy (non-hydrogen) atoms. The van der Waals surface area contributed by atoms with E-state index in [0.717, 1.165) is 10.3 Å². The molecule has 2 aromatic rings. The van der Waals surface area contributed by atoms with Crippen LogP contribution in [-0.4, -0.2) is 11.0 Å². The molecule has 2 aromatic carbocycles. The lowest BCUT2D eigenvalue weighted by Crippen LogP contribution is -1.97. The second kappa shape index (κ2) is 11.0. The first kappa shape index (κ1) is 16.9. The summed E-state index contributed by atoms with van der Waals surface area (Å²) in [6.07, 6.45) is 1.56. The van der Waals surface area contributed by atoms with Crippen LogP contribution in [0.25, 0.3) is 0 Å². The van der Waals surface area contributed by atoms with E-state index in [9.17, 15) is 5.21 Å². The molecule has 0 atom stereocenters. The molecule has 0 aromatic heterocycles. The molecular weight excluding hydrogens is 234 g/mol. The van der Waals surface area contributed by atoms with E-state index in [4.69, 9.17) is 0 Å². The highest BCUT2D eigenvalue weighted by molar-refractivity contribution is 5.76. The molecule has 0 aliphatic rings. The van der Waals surface area contributed by atoms with Crippen LogP contribution in [0.4, 0.5) is 5.69 Å². The van der Waals surface area contributed by atoms with Crippen LogP contribution in [0.2, 0.25) is 0 Å². The van der Waals surface area contributed by atoms with Gasteiger partial charge in [-0.3, -0.25) is 0 Å². The van der Waals surface area contributed by atoms with E-state index in [1.165, 1.54) is 0 Å². The minimum Gasteiger partial charge on any atom is -0.618 e. The third-order valence-electron chi connectivity index (χ3n) is 2.08. The fourth-order valence-electron chi connectivity index (χ4n) is 1.32. The largest absolute Gasteiger partial charge is 0.618 e. The Balaban J connectivity index is 0.000000741. The Morgan fingerprint density at radius 3 is 1.63 bits per heavy atom. The summed E-state index contributed by atoms with van der Waals surface area (Å²) in [5.41, 5.74) is 1.54. The molecule has 2 nitrogen and oxygen atoms in total. The topological polar surface area (TPSA) is 26.1 Å². The SMILES string of the molecule is CC.CC.[O-]/[N+](=C\c1ccccc1)c1ccccc1. The van der Waals surface area contributed by atoms with Gasteiger partial charge in [0.05, 0.1) is 0 Å². The van der Waals surface area contributed by atoms with Gasteiger partial charge in [0.1, 0.15) is 0 Å². The van der Waals surface area contributed by atoms with Crippen molar-refractivity contribution in [1.29, 1.82) is 0 Å². The van der Waals surface area contributed by atoms with Gasteiger partial charge in [-0.05, 0) is 12.1 Å². The standard InChI is InChI=1S/C13H11NO.2C2H6/c15-14(13-9-5-2-6-10-13)11-12-7-3-1-4-8-12;2*1-2/h1-11H;2*1-2H3/b14-11-;;. The summed E-state index contributed by atoms with van der Waals surface area (Å²) in [6, 6.07) is 18.7. The summed E-state index contributed by atoms with van der Waals surface area (Å²) in [5.74, 6) is 0. The first-order chi connectivity index (χ1) is 9.36. The zero-order chi connectivity index (χ0) is 14.5. The Morgan fingerprint density at radius 1 is 0.737 bits per heavy atom. The minimum absolute atomic E-state index is 0.640. The van der Waals surface area contributed by atoms with Crippen LogP contribution in [0, 0.1) is 5.21 Å². The first-order valence-corrected chi connectivity index (χ1v) is 6.77. The fraction of sp³-hybridized carbons (Fsp3) is 0.235. The monoisotopic (exact) mass is 257 g/mol. The maximum atomic E-state index is 11.7. The van der Waals surface area contributed by atoms with Crippen LogP contribution in [0.1, 0.15) is 33.3 Å². The van der Waals surface area contributed by atoms with E-state index in [0.29, 0.717) is 5.69 Å². The van der Waals surface area contributed by atoms with Gasteiger partial charge in [-0.25, -0.2) is 0 Å². The number of hydrogen-bond acceptors (Lipinski definition) is 1. The summed E-state index contributed by atoms with van der Waals surface area (Å²) >= 11 is 0. The summed E-state index contributed by atoms with van der Waals surface area (Å²) in [4.78, 5) is 0. The van der Waals surface area contributed by atoms with E-state index in [2.05, 4.69) is 0 Å². The number of benzene rings is 2. The highest BCUT2D eigenvalue weighted by Crippen LogP contribution is 2.09. The van der Waals surface area contributed by atoms with Crippen molar-refractivity contribution in [2.75, 3.05) is 0 Å². The predicted molar refractivity (Wildman–Crippen MR) is 84.0 cm³/mol. The molecule has 0 saturated carbocycles. The van der Waals surface area contributed by atoms with Crippen LogP contribution in [0.3, 0.4) is 0 Å². The van der Waals surface area contributed by atoms with Gasteiger partial charge in [0.25, 0.3) is 0 Å². The molecule has 102 valence electrons. The van der Waals surface area contributed by atoms with Gasteiger partial charge < -0.3 is 5.21 Å². The fourth-order valence-corrected chi connectivity index (χ4v) is 1.32. The smallest absolute Gasteiger partial charge is 0.216 e. The van der Waals surface area contributed by atoms with Crippen LogP contribution in [0.15, 0.2) is 60.7 Å². The molecule has 0 radical (unpaired) electrons. The second-order valence-electron chi connectivity index (χ2n) is 3.20. The molecule has 0 amide bonds. The zero-order valence-corrected chi connectivity index (χ0v) is 12.2. The Labute approximate surface area is 116 Å². The third-order valence-corrected chi connectivity index (χ3v) is 2.08. The average molecular weight is 257 g/mol. The van der Waals surface area contributed by atoms with Gasteiger partial charge in [-0.1, -0.05) is 64.1 Å². The van der Waals surface area contributed by atoms with E-state index < -0.39 is 0 Å². The van der Waals surface area contributed by atoms with Gasteiger partial charge >= 0.3 is 0 Å². The van der Waals surface area contributed by atoms with Crippen molar-refractivity contribution in [3.8, 4) is 0 Å². The highest BCUT2D eigenvalue weighted by atomic mass is 16.5. The van der Waals surface area contributed by atoms with Crippen LogP contribution >= 0.6 is 0 Å². The molecule has 0 bridgehead atoms. The highest BCUT2D eigenvalue weighted by Gasteiger charge is 1.98. The lowest BCUT2D eigenvalue weighted by Gasteiger charge is -2.01. The summed E-state index contributed by atoms with van der Waals surface area (Å²) < 4.78 is 0.870. The van der Waals surface area contributed by atoms with E-state index in [-0.39, 0.29) is 0 Å². The van der Waals surface area contributed by atoms with E-state index in [1.807, 2.05) is 76.2 Å². The van der Waals surface area contributed by atoms with Crippen molar-refractivity contribution in [2.24, 2.45) is 0 Å². The molecule has 2 heteroatoms. The van der Waals surface area contributed by atoms with Crippen molar-refractivity contribution in [1.82, 2.24) is 0 Å². The van der Waals surface area contributed by atoms with Gasteiger partial charge in [0.15, 0.2) is 6.21 Å². The molecule has 0 aliphatic heterocycles. The molecule has 0 spiro atoms. The maximum absolute atomic E-state index is 11.7. The Bertz CT molecular complexity index is 449. The molecule has 0 aliphatic carbocycles. The molecule has 0 unspecified atom stereocenters. The number of rotatable bonds is 2. The normalized spacial score (nSPS) is 9.58. The Kier molecular flexibility index (Phi) is 9.81. The van der Waals surface area contributed by atoms with Crippen LogP contribution < -0.4 is 0 Å². The number of hydrogen-bond donors (Lipinski definition) is 0. The lowest BCUT2D eigenvalue weighted by molar-refractivity contribution is -0.354.